The van der Waals surface area contributed by atoms with Crippen molar-refractivity contribution in [2.75, 3.05) is 16.9 Å². The van der Waals surface area contributed by atoms with Crippen LogP contribution >= 0.6 is 11.8 Å². The van der Waals surface area contributed by atoms with E-state index in [0.717, 1.165) is 33.3 Å². The standard InChI is InChI=1S/C16H19N5O4S/c1-9-4-3-5-11(10(9)2)18-13(22)8-26-16-20-19-12(6-7-14(23)24)15(25)21(16)17/h3-5H,6-8,17H2,1-2H3,(H,18,22)(H,23,24). The molecule has 26 heavy (non-hydrogen) atoms. The van der Waals surface area contributed by atoms with Gasteiger partial charge in [0, 0.05) is 12.1 Å². The molecule has 10 heteroatoms. The summed E-state index contributed by atoms with van der Waals surface area (Å²) >= 11 is 0.968. The number of nitrogens with one attached hydrogen (secondary N) is 1. The molecule has 1 heterocycles. The lowest BCUT2D eigenvalue weighted by atomic mass is 10.1. The minimum atomic E-state index is -1.05. The molecule has 1 aromatic heterocycles. The normalized spacial score (nSPS) is 10.5. The van der Waals surface area contributed by atoms with Crippen LogP contribution in [0, 0.1) is 13.8 Å². The number of hydrogen-bond acceptors (Lipinski definition) is 7. The second-order valence-electron chi connectivity index (χ2n) is 5.58. The molecule has 2 aromatic rings. The van der Waals surface area contributed by atoms with Crippen LogP contribution in [0.3, 0.4) is 0 Å². The van der Waals surface area contributed by atoms with Crippen molar-refractivity contribution in [1.29, 1.82) is 0 Å². The quantitative estimate of drug-likeness (QED) is 0.473. The Hall–Kier alpha value is -2.88. The van der Waals surface area contributed by atoms with Crippen LogP contribution in [-0.4, -0.2) is 37.6 Å². The molecule has 0 saturated carbocycles. The van der Waals surface area contributed by atoms with E-state index >= 15 is 0 Å². The highest BCUT2D eigenvalue weighted by Gasteiger charge is 2.14. The van der Waals surface area contributed by atoms with E-state index in [1.807, 2.05) is 26.0 Å². The van der Waals surface area contributed by atoms with Gasteiger partial charge in [0.15, 0.2) is 0 Å². The summed E-state index contributed by atoms with van der Waals surface area (Å²) in [5.41, 5.74) is 2.10. The van der Waals surface area contributed by atoms with Gasteiger partial charge in [0.2, 0.25) is 11.1 Å². The third-order valence-corrected chi connectivity index (χ3v) is 4.66. The van der Waals surface area contributed by atoms with Gasteiger partial charge in [-0.2, -0.15) is 4.68 Å². The van der Waals surface area contributed by atoms with Crippen molar-refractivity contribution >= 4 is 29.3 Å². The van der Waals surface area contributed by atoms with Crippen molar-refractivity contribution in [3.63, 3.8) is 0 Å². The van der Waals surface area contributed by atoms with E-state index in [1.165, 1.54) is 0 Å². The van der Waals surface area contributed by atoms with Gasteiger partial charge in [-0.3, -0.25) is 14.4 Å². The Kier molecular flexibility index (Phi) is 6.34. The van der Waals surface area contributed by atoms with Crippen molar-refractivity contribution in [3.05, 3.63) is 45.4 Å². The smallest absolute Gasteiger partial charge is 0.303 e. The van der Waals surface area contributed by atoms with Crippen LogP contribution in [0.5, 0.6) is 0 Å². The number of thioether (sulfide) groups is 1. The Balaban J connectivity index is 2.01. The molecule has 0 atom stereocenters. The first kappa shape index (κ1) is 19.4. The minimum Gasteiger partial charge on any atom is -0.481 e. The highest BCUT2D eigenvalue weighted by molar-refractivity contribution is 7.99. The number of nitrogens with zero attached hydrogens (tertiary/aromatic N) is 3. The average Bonchev–Trinajstić information content (AvgIpc) is 2.59. The highest BCUT2D eigenvalue weighted by atomic mass is 32.2. The third kappa shape index (κ3) is 4.82. The lowest BCUT2D eigenvalue weighted by Crippen LogP contribution is -2.34. The number of nitrogens with two attached hydrogens (primary N) is 1. The molecule has 2 rings (SSSR count). The molecule has 1 aromatic carbocycles. The summed E-state index contributed by atoms with van der Waals surface area (Å²) in [5.74, 6) is 4.35. The zero-order valence-corrected chi connectivity index (χ0v) is 15.2. The second kappa shape index (κ2) is 8.48. The van der Waals surface area contributed by atoms with Gasteiger partial charge >= 0.3 is 5.97 Å². The number of carboxylic acids is 1. The summed E-state index contributed by atoms with van der Waals surface area (Å²) < 4.78 is 0.778. The summed E-state index contributed by atoms with van der Waals surface area (Å²) in [6.45, 7) is 3.87. The zero-order chi connectivity index (χ0) is 19.3. The van der Waals surface area contributed by atoms with Gasteiger partial charge in [-0.05, 0) is 31.0 Å². The third-order valence-electron chi connectivity index (χ3n) is 3.71. The lowest BCUT2D eigenvalue weighted by Gasteiger charge is -2.10. The number of carboxylic acid groups (broad SMARTS) is 1. The summed E-state index contributed by atoms with van der Waals surface area (Å²) in [6, 6.07) is 5.61. The first-order valence-corrected chi connectivity index (χ1v) is 8.72. The van der Waals surface area contributed by atoms with Crippen LogP contribution in [0.2, 0.25) is 0 Å². The number of hydrogen-bond donors (Lipinski definition) is 3. The second-order valence-corrected chi connectivity index (χ2v) is 6.52. The van der Waals surface area contributed by atoms with Gasteiger partial charge in [-0.1, -0.05) is 23.9 Å². The Morgan fingerprint density at radius 2 is 2.04 bits per heavy atom. The fourth-order valence-electron chi connectivity index (χ4n) is 2.10. The number of benzene rings is 1. The minimum absolute atomic E-state index is 0.00677. The molecule has 0 aliphatic carbocycles. The van der Waals surface area contributed by atoms with Gasteiger partial charge in [0.25, 0.3) is 5.56 Å². The molecule has 0 fully saturated rings. The number of carbonyl (C=O) groups excluding carboxylic acids is 1. The Morgan fingerprint density at radius 1 is 1.31 bits per heavy atom. The van der Waals surface area contributed by atoms with E-state index < -0.39 is 11.5 Å². The lowest BCUT2D eigenvalue weighted by molar-refractivity contribution is -0.137. The summed E-state index contributed by atoms with van der Waals surface area (Å²) in [4.78, 5) is 34.7. The maximum Gasteiger partial charge on any atom is 0.303 e. The van der Waals surface area contributed by atoms with Crippen molar-refractivity contribution in [2.24, 2.45) is 0 Å². The van der Waals surface area contributed by atoms with Crippen LogP contribution < -0.4 is 16.7 Å². The van der Waals surface area contributed by atoms with Crippen LogP contribution in [-0.2, 0) is 16.0 Å². The first-order chi connectivity index (χ1) is 12.3. The number of anilines is 1. The molecule has 4 N–H and O–H groups in total. The topological polar surface area (TPSA) is 140 Å². The van der Waals surface area contributed by atoms with Crippen LogP contribution in [0.4, 0.5) is 5.69 Å². The van der Waals surface area contributed by atoms with E-state index in [0.29, 0.717) is 0 Å². The molecule has 0 aliphatic rings. The number of aromatic nitrogens is 3. The average molecular weight is 377 g/mol. The largest absolute Gasteiger partial charge is 0.481 e. The van der Waals surface area contributed by atoms with E-state index in [1.54, 1.807) is 6.07 Å². The fraction of sp³-hybridized carbons (Fsp3) is 0.312. The predicted molar refractivity (Wildman–Crippen MR) is 97.7 cm³/mol. The number of carbonyl (C=O) groups is 2. The molecule has 9 nitrogen and oxygen atoms in total. The van der Waals surface area contributed by atoms with Gasteiger partial charge < -0.3 is 16.3 Å². The Labute approximate surface area is 153 Å². The molecule has 138 valence electrons. The number of rotatable bonds is 7. The zero-order valence-electron chi connectivity index (χ0n) is 14.4. The fourth-order valence-corrected chi connectivity index (χ4v) is 2.76. The highest BCUT2D eigenvalue weighted by Crippen LogP contribution is 2.19. The first-order valence-electron chi connectivity index (χ1n) is 7.74. The molecule has 0 aliphatic heterocycles. The molecular formula is C16H19N5O4S. The van der Waals surface area contributed by atoms with Crippen molar-refractivity contribution in [3.8, 4) is 0 Å². The summed E-state index contributed by atoms with van der Waals surface area (Å²) in [6.07, 6.45) is -0.301. The number of nitrogen functional groups attached to an aromatic ring is 1. The Bertz CT molecular complexity index is 897. The van der Waals surface area contributed by atoms with E-state index in [9.17, 15) is 14.4 Å². The monoisotopic (exact) mass is 377 g/mol. The number of amides is 1. The van der Waals surface area contributed by atoms with Crippen molar-refractivity contribution in [2.45, 2.75) is 31.8 Å². The van der Waals surface area contributed by atoms with E-state index in [-0.39, 0.29) is 35.4 Å². The molecule has 0 unspecified atom stereocenters. The maximum absolute atomic E-state index is 12.1. The SMILES string of the molecule is Cc1cccc(NC(=O)CSc2nnc(CCC(=O)O)c(=O)n2N)c1C. The summed E-state index contributed by atoms with van der Waals surface area (Å²) in [7, 11) is 0. The summed E-state index contributed by atoms with van der Waals surface area (Å²) in [5, 5.41) is 19.1. The molecule has 0 saturated heterocycles. The van der Waals surface area contributed by atoms with Gasteiger partial charge in [-0.15, -0.1) is 10.2 Å². The van der Waals surface area contributed by atoms with E-state index in [2.05, 4.69) is 15.5 Å². The van der Waals surface area contributed by atoms with Crippen molar-refractivity contribution < 1.29 is 14.7 Å². The van der Waals surface area contributed by atoms with Gasteiger partial charge in [0.05, 0.1) is 12.2 Å². The molecule has 0 bridgehead atoms. The van der Waals surface area contributed by atoms with Crippen molar-refractivity contribution in [1.82, 2.24) is 14.9 Å². The van der Waals surface area contributed by atoms with Gasteiger partial charge in [0.1, 0.15) is 5.69 Å². The molecule has 0 radical (unpaired) electrons. The number of aliphatic carboxylic acids is 1. The predicted octanol–water partition coefficient (Wildman–Crippen LogP) is 0.717. The van der Waals surface area contributed by atoms with Crippen LogP contribution in [0.1, 0.15) is 23.2 Å². The van der Waals surface area contributed by atoms with Crippen LogP contribution in [0.25, 0.3) is 0 Å². The molecular weight excluding hydrogens is 358 g/mol. The maximum atomic E-state index is 12.1. The molecule has 0 spiro atoms. The Morgan fingerprint density at radius 3 is 2.73 bits per heavy atom. The molecule has 1 amide bonds. The van der Waals surface area contributed by atoms with Gasteiger partial charge in [-0.25, -0.2) is 0 Å². The number of aryl methyl sites for hydroxylation is 2. The van der Waals surface area contributed by atoms with Crippen LogP contribution in [0.15, 0.2) is 28.2 Å². The van der Waals surface area contributed by atoms with E-state index in [4.69, 9.17) is 10.9 Å².